The summed E-state index contributed by atoms with van der Waals surface area (Å²) in [6.45, 7) is 3.49. The lowest BCUT2D eigenvalue weighted by Crippen LogP contribution is -2.30. The quantitative estimate of drug-likeness (QED) is 0.677. The van der Waals surface area contributed by atoms with Gasteiger partial charge in [0.25, 0.3) is 5.91 Å². The predicted octanol–water partition coefficient (Wildman–Crippen LogP) is 2.21. The fraction of sp³-hybridized carbons (Fsp3) is 0.167. The standard InChI is InChI=1S/C18H19N5O3S/c1-13(2)22-27(25,26)17-9-3-14(4-10-17)18(24)21-15-5-7-16(8-6-15)23-12-19-11-20-23/h3-13,22H,1-2H3,(H,21,24). The van der Waals surface area contributed by atoms with Gasteiger partial charge in [0.05, 0.1) is 10.6 Å². The Kier molecular flexibility index (Phi) is 5.33. The molecule has 0 bridgehead atoms. The zero-order valence-corrected chi connectivity index (χ0v) is 15.6. The number of amides is 1. The van der Waals surface area contributed by atoms with Crippen molar-refractivity contribution in [2.24, 2.45) is 0 Å². The van der Waals surface area contributed by atoms with Crippen LogP contribution in [-0.2, 0) is 10.0 Å². The van der Waals surface area contributed by atoms with Gasteiger partial charge < -0.3 is 5.32 Å². The molecule has 0 unspecified atom stereocenters. The normalized spacial score (nSPS) is 11.5. The molecule has 27 heavy (non-hydrogen) atoms. The van der Waals surface area contributed by atoms with E-state index in [2.05, 4.69) is 20.1 Å². The Morgan fingerprint density at radius 2 is 1.70 bits per heavy atom. The molecule has 1 amide bonds. The van der Waals surface area contributed by atoms with Crippen molar-refractivity contribution in [3.8, 4) is 5.69 Å². The second kappa shape index (κ2) is 7.68. The molecule has 0 aliphatic rings. The highest BCUT2D eigenvalue weighted by Gasteiger charge is 2.16. The first-order valence-corrected chi connectivity index (χ1v) is 9.72. The van der Waals surface area contributed by atoms with Gasteiger partial charge in [0, 0.05) is 17.3 Å². The molecule has 0 atom stereocenters. The van der Waals surface area contributed by atoms with Crippen molar-refractivity contribution in [1.29, 1.82) is 0 Å². The molecule has 2 aromatic carbocycles. The Balaban J connectivity index is 1.69. The first-order valence-electron chi connectivity index (χ1n) is 8.24. The van der Waals surface area contributed by atoms with Crippen molar-refractivity contribution >= 4 is 21.6 Å². The Labute approximate surface area is 157 Å². The molecular weight excluding hydrogens is 366 g/mol. The summed E-state index contributed by atoms with van der Waals surface area (Å²) in [5.74, 6) is -0.329. The van der Waals surface area contributed by atoms with Gasteiger partial charge in [-0.3, -0.25) is 4.79 Å². The van der Waals surface area contributed by atoms with Crippen molar-refractivity contribution < 1.29 is 13.2 Å². The van der Waals surface area contributed by atoms with Crippen molar-refractivity contribution in [2.45, 2.75) is 24.8 Å². The lowest BCUT2D eigenvalue weighted by molar-refractivity contribution is 0.102. The third-order valence-electron chi connectivity index (χ3n) is 3.63. The average Bonchev–Trinajstić information content (AvgIpc) is 3.16. The van der Waals surface area contributed by atoms with Crippen molar-refractivity contribution in [3.63, 3.8) is 0 Å². The number of rotatable bonds is 6. The molecular formula is C18H19N5O3S. The summed E-state index contributed by atoms with van der Waals surface area (Å²) in [4.78, 5) is 16.4. The second-order valence-electron chi connectivity index (χ2n) is 6.14. The van der Waals surface area contributed by atoms with E-state index in [0.29, 0.717) is 11.3 Å². The molecule has 1 heterocycles. The highest BCUT2D eigenvalue weighted by atomic mass is 32.2. The van der Waals surface area contributed by atoms with Crippen LogP contribution in [-0.4, -0.2) is 35.1 Å². The molecule has 8 nitrogen and oxygen atoms in total. The van der Waals surface area contributed by atoms with E-state index in [1.54, 1.807) is 49.1 Å². The number of carbonyl (C=O) groups is 1. The summed E-state index contributed by atoms with van der Waals surface area (Å²) in [7, 11) is -3.58. The zero-order chi connectivity index (χ0) is 19.4. The van der Waals surface area contributed by atoms with Crippen LogP contribution in [0.1, 0.15) is 24.2 Å². The summed E-state index contributed by atoms with van der Waals surface area (Å²) in [6, 6.07) is 12.7. The summed E-state index contributed by atoms with van der Waals surface area (Å²) >= 11 is 0. The van der Waals surface area contributed by atoms with Gasteiger partial charge in [0.2, 0.25) is 10.0 Å². The van der Waals surface area contributed by atoms with Crippen LogP contribution >= 0.6 is 0 Å². The fourth-order valence-corrected chi connectivity index (χ4v) is 3.66. The second-order valence-corrected chi connectivity index (χ2v) is 7.86. The zero-order valence-electron chi connectivity index (χ0n) is 14.8. The smallest absolute Gasteiger partial charge is 0.255 e. The number of hydrogen-bond donors (Lipinski definition) is 2. The molecule has 0 aliphatic heterocycles. The number of nitrogens with zero attached hydrogens (tertiary/aromatic N) is 3. The monoisotopic (exact) mass is 385 g/mol. The van der Waals surface area contributed by atoms with E-state index in [4.69, 9.17) is 0 Å². The Morgan fingerprint density at radius 1 is 1.04 bits per heavy atom. The van der Waals surface area contributed by atoms with Crippen LogP contribution in [0.3, 0.4) is 0 Å². The predicted molar refractivity (Wildman–Crippen MR) is 101 cm³/mol. The topological polar surface area (TPSA) is 106 Å². The molecule has 0 radical (unpaired) electrons. The molecule has 0 saturated heterocycles. The third-order valence-corrected chi connectivity index (χ3v) is 5.30. The SMILES string of the molecule is CC(C)NS(=O)(=O)c1ccc(C(=O)Nc2ccc(-n3cncn3)cc2)cc1. The van der Waals surface area contributed by atoms with Crippen LogP contribution in [0.5, 0.6) is 0 Å². The largest absolute Gasteiger partial charge is 0.322 e. The fourth-order valence-electron chi connectivity index (χ4n) is 2.41. The number of carbonyl (C=O) groups excluding carboxylic acids is 1. The maximum atomic E-state index is 12.4. The minimum atomic E-state index is -3.58. The van der Waals surface area contributed by atoms with Gasteiger partial charge in [-0.2, -0.15) is 5.10 Å². The van der Waals surface area contributed by atoms with E-state index in [1.165, 1.54) is 30.6 Å². The molecule has 3 rings (SSSR count). The molecule has 0 aliphatic carbocycles. The molecule has 0 saturated carbocycles. The van der Waals surface area contributed by atoms with Crippen LogP contribution in [0.4, 0.5) is 5.69 Å². The van der Waals surface area contributed by atoms with Gasteiger partial charge in [-0.05, 0) is 62.4 Å². The molecule has 0 fully saturated rings. The van der Waals surface area contributed by atoms with Crippen LogP contribution < -0.4 is 10.0 Å². The maximum Gasteiger partial charge on any atom is 0.255 e. The van der Waals surface area contributed by atoms with Gasteiger partial charge in [-0.1, -0.05) is 0 Å². The van der Waals surface area contributed by atoms with E-state index >= 15 is 0 Å². The Hall–Kier alpha value is -3.04. The lowest BCUT2D eigenvalue weighted by Gasteiger charge is -2.10. The average molecular weight is 385 g/mol. The summed E-state index contributed by atoms with van der Waals surface area (Å²) in [5, 5.41) is 6.81. The first-order chi connectivity index (χ1) is 12.8. The summed E-state index contributed by atoms with van der Waals surface area (Å²) in [5.41, 5.74) is 1.79. The van der Waals surface area contributed by atoms with Crippen LogP contribution in [0.15, 0.2) is 66.1 Å². The first kappa shape index (κ1) is 18.7. The number of benzene rings is 2. The number of anilines is 1. The minimum Gasteiger partial charge on any atom is -0.322 e. The number of nitrogens with one attached hydrogen (secondary N) is 2. The molecule has 140 valence electrons. The highest BCUT2D eigenvalue weighted by Crippen LogP contribution is 2.15. The van der Waals surface area contributed by atoms with Crippen molar-refractivity contribution in [3.05, 3.63) is 66.7 Å². The maximum absolute atomic E-state index is 12.4. The number of aromatic nitrogens is 3. The highest BCUT2D eigenvalue weighted by molar-refractivity contribution is 7.89. The summed E-state index contributed by atoms with van der Waals surface area (Å²) < 4.78 is 28.3. The van der Waals surface area contributed by atoms with Gasteiger partial charge in [-0.15, -0.1) is 0 Å². The molecule has 2 N–H and O–H groups in total. The number of sulfonamides is 1. The van der Waals surface area contributed by atoms with E-state index in [0.717, 1.165) is 5.69 Å². The lowest BCUT2D eigenvalue weighted by atomic mass is 10.2. The number of hydrogen-bond acceptors (Lipinski definition) is 5. The van der Waals surface area contributed by atoms with E-state index in [1.807, 2.05) is 0 Å². The van der Waals surface area contributed by atoms with Crippen molar-refractivity contribution in [1.82, 2.24) is 19.5 Å². The third kappa shape index (κ3) is 4.57. The van der Waals surface area contributed by atoms with Crippen LogP contribution in [0.25, 0.3) is 5.69 Å². The molecule has 9 heteroatoms. The van der Waals surface area contributed by atoms with E-state index in [-0.39, 0.29) is 16.8 Å². The molecule has 0 spiro atoms. The van der Waals surface area contributed by atoms with Gasteiger partial charge in [-0.25, -0.2) is 22.8 Å². The van der Waals surface area contributed by atoms with E-state index < -0.39 is 10.0 Å². The Morgan fingerprint density at radius 3 is 2.26 bits per heavy atom. The summed E-state index contributed by atoms with van der Waals surface area (Å²) in [6.07, 6.45) is 3.02. The van der Waals surface area contributed by atoms with Gasteiger partial charge in [0.15, 0.2) is 0 Å². The van der Waals surface area contributed by atoms with Gasteiger partial charge >= 0.3 is 0 Å². The van der Waals surface area contributed by atoms with Crippen LogP contribution in [0.2, 0.25) is 0 Å². The molecule has 1 aromatic heterocycles. The van der Waals surface area contributed by atoms with E-state index in [9.17, 15) is 13.2 Å². The Bertz CT molecular complexity index is 1010. The van der Waals surface area contributed by atoms with Gasteiger partial charge in [0.1, 0.15) is 12.7 Å². The van der Waals surface area contributed by atoms with Crippen LogP contribution in [0, 0.1) is 0 Å². The van der Waals surface area contributed by atoms with Crippen molar-refractivity contribution in [2.75, 3.05) is 5.32 Å². The minimum absolute atomic E-state index is 0.116. The molecule has 3 aromatic rings.